The maximum Gasteiger partial charge on any atom is 0.128 e. The third-order valence-corrected chi connectivity index (χ3v) is 2.52. The molecule has 0 radical (unpaired) electrons. The molecule has 0 aromatic heterocycles. The quantitative estimate of drug-likeness (QED) is 0.744. The fraction of sp³-hybridized carbons (Fsp3) is 0.571. The van der Waals surface area contributed by atoms with Crippen molar-refractivity contribution in [2.75, 3.05) is 19.8 Å². The summed E-state index contributed by atoms with van der Waals surface area (Å²) in [5.74, 6) is 1.42. The summed E-state index contributed by atoms with van der Waals surface area (Å²) >= 11 is 0. The molecule has 0 fully saturated rings. The van der Waals surface area contributed by atoms with Crippen LogP contribution in [0.25, 0.3) is 0 Å². The fourth-order valence-corrected chi connectivity index (χ4v) is 1.39. The molecule has 0 aliphatic heterocycles. The Morgan fingerprint density at radius 2 is 2.00 bits per heavy atom. The van der Waals surface area contributed by atoms with Gasteiger partial charge < -0.3 is 19.7 Å². The molecule has 0 heterocycles. The molecule has 4 nitrogen and oxygen atoms in total. The highest BCUT2D eigenvalue weighted by atomic mass is 16.5. The van der Waals surface area contributed by atoms with Gasteiger partial charge in [0.2, 0.25) is 0 Å². The molecular formula is C14H22O4. The van der Waals surface area contributed by atoms with Crippen molar-refractivity contribution in [1.29, 1.82) is 0 Å². The third-order valence-electron chi connectivity index (χ3n) is 2.52. The molecule has 1 atom stereocenters. The van der Waals surface area contributed by atoms with Crippen molar-refractivity contribution in [3.05, 3.63) is 23.8 Å². The lowest BCUT2D eigenvalue weighted by Crippen LogP contribution is -2.13. The van der Waals surface area contributed by atoms with Gasteiger partial charge in [-0.25, -0.2) is 0 Å². The topological polar surface area (TPSA) is 58.9 Å². The minimum atomic E-state index is -0.0725. The van der Waals surface area contributed by atoms with Crippen LogP contribution in [0.15, 0.2) is 18.2 Å². The number of rotatable bonds is 8. The fourth-order valence-electron chi connectivity index (χ4n) is 1.39. The summed E-state index contributed by atoms with van der Waals surface area (Å²) in [4.78, 5) is 0. The van der Waals surface area contributed by atoms with Crippen LogP contribution in [0.2, 0.25) is 0 Å². The number of aliphatic hydroxyl groups is 2. The van der Waals surface area contributed by atoms with Gasteiger partial charge in [-0.15, -0.1) is 0 Å². The normalized spacial score (nSPS) is 12.2. The molecule has 1 unspecified atom stereocenters. The van der Waals surface area contributed by atoms with Crippen LogP contribution >= 0.6 is 0 Å². The van der Waals surface area contributed by atoms with Crippen LogP contribution < -0.4 is 9.47 Å². The van der Waals surface area contributed by atoms with Crippen molar-refractivity contribution < 1.29 is 19.7 Å². The van der Waals surface area contributed by atoms with Gasteiger partial charge in [-0.1, -0.05) is 13.8 Å². The molecule has 0 aliphatic carbocycles. The van der Waals surface area contributed by atoms with Gasteiger partial charge in [-0.05, 0) is 18.6 Å². The summed E-state index contributed by atoms with van der Waals surface area (Å²) in [5.41, 5.74) is 0.726. The molecular weight excluding hydrogens is 232 g/mol. The summed E-state index contributed by atoms with van der Waals surface area (Å²) in [5, 5.41) is 18.2. The lowest BCUT2D eigenvalue weighted by atomic mass is 10.2. The maximum atomic E-state index is 9.24. The van der Waals surface area contributed by atoms with Crippen LogP contribution in [0, 0.1) is 5.92 Å². The van der Waals surface area contributed by atoms with Crippen LogP contribution in [-0.2, 0) is 6.61 Å². The number of benzene rings is 1. The minimum absolute atomic E-state index is 0.0664. The smallest absolute Gasteiger partial charge is 0.128 e. The van der Waals surface area contributed by atoms with Gasteiger partial charge in [0.15, 0.2) is 0 Å². The van der Waals surface area contributed by atoms with E-state index >= 15 is 0 Å². The summed E-state index contributed by atoms with van der Waals surface area (Å²) in [7, 11) is 0. The lowest BCUT2D eigenvalue weighted by molar-refractivity contribution is 0.170. The second kappa shape index (κ2) is 7.95. The first-order valence-electron chi connectivity index (χ1n) is 6.31. The molecule has 0 spiro atoms. The van der Waals surface area contributed by atoms with E-state index < -0.39 is 0 Å². The standard InChI is InChI=1S/C14H22O4/c1-3-6-17-13-5-4-12(9-16)14(7-13)18-10-11(2)8-15/h4-5,7,11,15-16H,3,6,8-10H2,1-2H3. The SMILES string of the molecule is CCCOc1ccc(CO)c(OCC(C)CO)c1. The molecule has 4 heteroatoms. The molecule has 2 N–H and O–H groups in total. The average molecular weight is 254 g/mol. The second-order valence-electron chi connectivity index (χ2n) is 4.37. The zero-order valence-corrected chi connectivity index (χ0v) is 11.1. The Kier molecular flexibility index (Phi) is 6.54. The summed E-state index contributed by atoms with van der Waals surface area (Å²) in [6.45, 7) is 5.03. The summed E-state index contributed by atoms with van der Waals surface area (Å²) in [6.07, 6.45) is 0.944. The number of ether oxygens (including phenoxy) is 2. The monoisotopic (exact) mass is 254 g/mol. The van der Waals surface area contributed by atoms with Crippen molar-refractivity contribution in [2.45, 2.75) is 26.9 Å². The molecule has 0 saturated heterocycles. The molecule has 1 aromatic rings. The van der Waals surface area contributed by atoms with Crippen molar-refractivity contribution in [1.82, 2.24) is 0 Å². The van der Waals surface area contributed by atoms with Crippen molar-refractivity contribution in [3.63, 3.8) is 0 Å². The van der Waals surface area contributed by atoms with E-state index in [9.17, 15) is 5.11 Å². The van der Waals surface area contributed by atoms with E-state index in [1.807, 2.05) is 19.9 Å². The molecule has 0 aliphatic rings. The zero-order chi connectivity index (χ0) is 13.4. The van der Waals surface area contributed by atoms with Crippen molar-refractivity contribution in [3.8, 4) is 11.5 Å². The van der Waals surface area contributed by atoms with Gasteiger partial charge in [0.05, 0.1) is 19.8 Å². The van der Waals surface area contributed by atoms with Gasteiger partial charge >= 0.3 is 0 Å². The van der Waals surface area contributed by atoms with Crippen LogP contribution in [-0.4, -0.2) is 30.0 Å². The van der Waals surface area contributed by atoms with Crippen LogP contribution in [0.3, 0.4) is 0 Å². The highest BCUT2D eigenvalue weighted by molar-refractivity contribution is 5.40. The van der Waals surface area contributed by atoms with E-state index in [2.05, 4.69) is 0 Å². The van der Waals surface area contributed by atoms with Crippen LogP contribution in [0.5, 0.6) is 11.5 Å². The first kappa shape index (κ1) is 14.8. The van der Waals surface area contributed by atoms with Gasteiger partial charge in [-0.3, -0.25) is 0 Å². The summed E-state index contributed by atoms with van der Waals surface area (Å²) in [6, 6.07) is 5.40. The molecule has 102 valence electrons. The lowest BCUT2D eigenvalue weighted by Gasteiger charge is -2.14. The van der Waals surface area contributed by atoms with Gasteiger partial charge in [0.25, 0.3) is 0 Å². The maximum absolute atomic E-state index is 9.24. The Bertz CT molecular complexity index is 352. The molecule has 0 amide bonds. The molecule has 1 aromatic carbocycles. The Morgan fingerprint density at radius 3 is 2.61 bits per heavy atom. The Morgan fingerprint density at radius 1 is 1.22 bits per heavy atom. The number of hydrogen-bond donors (Lipinski definition) is 2. The molecule has 18 heavy (non-hydrogen) atoms. The highest BCUT2D eigenvalue weighted by Crippen LogP contribution is 2.25. The predicted molar refractivity (Wildman–Crippen MR) is 69.9 cm³/mol. The zero-order valence-electron chi connectivity index (χ0n) is 11.1. The molecule has 0 bridgehead atoms. The minimum Gasteiger partial charge on any atom is -0.493 e. The van der Waals surface area contributed by atoms with E-state index in [1.54, 1.807) is 12.1 Å². The Labute approximate surface area is 108 Å². The van der Waals surface area contributed by atoms with Crippen LogP contribution in [0.4, 0.5) is 0 Å². The van der Waals surface area contributed by atoms with E-state index in [1.165, 1.54) is 0 Å². The van der Waals surface area contributed by atoms with Crippen molar-refractivity contribution >= 4 is 0 Å². The highest BCUT2D eigenvalue weighted by Gasteiger charge is 2.07. The largest absolute Gasteiger partial charge is 0.493 e. The molecule has 0 saturated carbocycles. The van der Waals surface area contributed by atoms with Gasteiger partial charge in [-0.2, -0.15) is 0 Å². The van der Waals surface area contributed by atoms with Crippen molar-refractivity contribution in [2.24, 2.45) is 5.92 Å². The Balaban J connectivity index is 2.71. The third kappa shape index (κ3) is 4.55. The Hall–Kier alpha value is -1.26. The average Bonchev–Trinajstić information content (AvgIpc) is 2.42. The van der Waals surface area contributed by atoms with Gasteiger partial charge in [0.1, 0.15) is 11.5 Å². The van der Waals surface area contributed by atoms with E-state index in [4.69, 9.17) is 14.6 Å². The molecule has 1 rings (SSSR count). The van der Waals surface area contributed by atoms with Crippen LogP contribution in [0.1, 0.15) is 25.8 Å². The first-order valence-corrected chi connectivity index (χ1v) is 6.31. The van der Waals surface area contributed by atoms with E-state index in [0.29, 0.717) is 19.0 Å². The number of aliphatic hydroxyl groups excluding tert-OH is 2. The predicted octanol–water partition coefficient (Wildman–Crippen LogP) is 1.97. The second-order valence-corrected chi connectivity index (χ2v) is 4.37. The summed E-state index contributed by atoms with van der Waals surface area (Å²) < 4.78 is 11.1. The first-order chi connectivity index (χ1) is 8.71. The van der Waals surface area contributed by atoms with Gasteiger partial charge in [0, 0.05) is 24.2 Å². The van der Waals surface area contributed by atoms with E-state index in [0.717, 1.165) is 17.7 Å². The number of hydrogen-bond acceptors (Lipinski definition) is 4. The van der Waals surface area contributed by atoms with E-state index in [-0.39, 0.29) is 19.1 Å².